The van der Waals surface area contributed by atoms with Gasteiger partial charge in [0.15, 0.2) is 0 Å². The summed E-state index contributed by atoms with van der Waals surface area (Å²) in [5, 5.41) is 8.69. The van der Waals surface area contributed by atoms with Crippen LogP contribution in [0.5, 0.6) is 0 Å². The second-order valence-corrected chi connectivity index (χ2v) is 18.6. The number of rotatable bonds is 6. The zero-order valence-corrected chi connectivity index (χ0v) is 32.8. The Morgan fingerprint density at radius 3 is 1.36 bits per heavy atom. The van der Waals surface area contributed by atoms with E-state index in [9.17, 15) is 35.9 Å². The van der Waals surface area contributed by atoms with Crippen molar-refractivity contribution in [2.24, 2.45) is 0 Å². The third-order valence-corrected chi connectivity index (χ3v) is 9.25. The van der Waals surface area contributed by atoms with Gasteiger partial charge in [0.05, 0.1) is 67.5 Å². The van der Waals surface area contributed by atoms with Gasteiger partial charge in [0.25, 0.3) is 11.1 Å². The van der Waals surface area contributed by atoms with Gasteiger partial charge in [-0.1, -0.05) is 54.7 Å². The number of benzene rings is 2. The molecule has 2 aromatic carbocycles. The Morgan fingerprint density at radius 2 is 1.04 bits per heavy atom. The van der Waals surface area contributed by atoms with Crippen molar-refractivity contribution in [1.29, 1.82) is 0 Å². The van der Waals surface area contributed by atoms with Crippen LogP contribution in [-0.2, 0) is 13.1 Å². The number of terminal acetylenes is 1. The SMILES string of the molecule is C#Cc1cc(-n2cc(Cl)cn2)c(-c2c(F)cc(F)cc2F)n(CC)c1=O.CCn1c(-c2c(F)cc(F)cc2F)c(-n2cc(Cl)cn2)cc(C#C[Si](C)(C)C)c1=O. The summed E-state index contributed by atoms with van der Waals surface area (Å²) >= 11 is 11.9. The molecule has 0 spiro atoms. The van der Waals surface area contributed by atoms with Crippen LogP contribution in [0.3, 0.4) is 0 Å². The quantitative estimate of drug-likeness (QED) is 0.0956. The number of aromatic nitrogens is 6. The molecule has 17 heteroatoms. The van der Waals surface area contributed by atoms with E-state index in [1.807, 2.05) is 19.6 Å². The van der Waals surface area contributed by atoms with Crippen LogP contribution in [0, 0.1) is 58.7 Å². The maximum Gasteiger partial charge on any atom is 0.266 e. The lowest BCUT2D eigenvalue weighted by Crippen LogP contribution is -2.26. The lowest BCUT2D eigenvalue weighted by molar-refractivity contribution is 0.543. The largest absolute Gasteiger partial charge is 0.305 e. The van der Waals surface area contributed by atoms with E-state index in [1.165, 1.54) is 50.9 Å². The molecule has 0 atom stereocenters. The molecule has 288 valence electrons. The molecule has 0 saturated carbocycles. The third kappa shape index (κ3) is 8.55. The Balaban J connectivity index is 0.000000216. The predicted octanol–water partition coefficient (Wildman–Crippen LogP) is 8.79. The van der Waals surface area contributed by atoms with E-state index in [0.717, 1.165) is 4.57 Å². The van der Waals surface area contributed by atoms with Crippen LogP contribution in [0.15, 0.2) is 70.8 Å². The van der Waals surface area contributed by atoms with E-state index in [0.29, 0.717) is 29.3 Å². The van der Waals surface area contributed by atoms with Gasteiger partial charge in [-0.15, -0.1) is 12.0 Å². The average Bonchev–Trinajstić information content (AvgIpc) is 3.75. The summed E-state index contributed by atoms with van der Waals surface area (Å²) in [6.45, 7) is 9.56. The van der Waals surface area contributed by atoms with Crippen LogP contribution in [0.25, 0.3) is 33.9 Å². The highest BCUT2D eigenvalue weighted by molar-refractivity contribution is 6.83. The molecule has 0 N–H and O–H groups in total. The Kier molecular flexibility index (Phi) is 12.2. The van der Waals surface area contributed by atoms with E-state index >= 15 is 0 Å². The van der Waals surface area contributed by atoms with Crippen molar-refractivity contribution >= 4 is 31.3 Å². The smallest absolute Gasteiger partial charge is 0.266 e. The molecule has 56 heavy (non-hydrogen) atoms. The minimum atomic E-state index is -1.80. The second-order valence-electron chi connectivity index (χ2n) is 13.0. The van der Waals surface area contributed by atoms with Crippen LogP contribution in [0.2, 0.25) is 29.7 Å². The van der Waals surface area contributed by atoms with Crippen molar-refractivity contribution in [3.05, 3.63) is 138 Å². The fraction of sp³-hybridized carbons (Fsp3) is 0.179. The molecule has 0 unspecified atom stereocenters. The third-order valence-electron chi connectivity index (χ3n) is 7.98. The van der Waals surface area contributed by atoms with Gasteiger partial charge in [0.2, 0.25) is 0 Å². The number of nitrogens with zero attached hydrogens (tertiary/aromatic N) is 6. The average molecular weight is 828 g/mol. The maximum absolute atomic E-state index is 14.7. The molecule has 0 saturated heterocycles. The molecule has 6 aromatic rings. The van der Waals surface area contributed by atoms with Crippen molar-refractivity contribution in [3.8, 4) is 57.7 Å². The topological polar surface area (TPSA) is 79.6 Å². The summed E-state index contributed by atoms with van der Waals surface area (Å²) in [5.74, 6) is -1.53. The number of hydrogen-bond acceptors (Lipinski definition) is 4. The van der Waals surface area contributed by atoms with E-state index in [2.05, 4.69) is 27.6 Å². The molecule has 0 amide bonds. The van der Waals surface area contributed by atoms with Gasteiger partial charge in [-0.2, -0.15) is 10.2 Å². The number of hydrogen-bond donors (Lipinski definition) is 0. The van der Waals surface area contributed by atoms with Gasteiger partial charge in [-0.05, 0) is 26.0 Å². The molecule has 0 aliphatic heterocycles. The Hall–Kier alpha value is -5.74. The van der Waals surface area contributed by atoms with E-state index in [1.54, 1.807) is 13.8 Å². The standard InChI is InChI=1S/C21H19ClF3N3OSi.C18H11ClF3N3O/c1-5-27-20(19-16(24)9-15(23)10-17(19)25)18(28-12-14(22)11-26-28)8-13(21(27)29)6-7-30(2,3)4;1-3-10-5-15(25-9-11(19)8-23-25)17(24(4-2)18(10)26)16-13(21)6-12(20)7-14(16)22/h8-12H,5H2,1-4H3;1,5-9H,4H2,2H3. The lowest BCUT2D eigenvalue weighted by atomic mass is 10.1. The molecule has 4 aromatic heterocycles. The molecule has 4 heterocycles. The van der Waals surface area contributed by atoms with Gasteiger partial charge in [0, 0.05) is 49.7 Å². The summed E-state index contributed by atoms with van der Waals surface area (Å²) < 4.78 is 89.9. The highest BCUT2D eigenvalue weighted by Crippen LogP contribution is 2.34. The first-order chi connectivity index (χ1) is 26.4. The first-order valence-corrected chi connectivity index (χ1v) is 20.9. The first-order valence-electron chi connectivity index (χ1n) is 16.6. The van der Waals surface area contributed by atoms with Crippen molar-refractivity contribution in [1.82, 2.24) is 28.7 Å². The van der Waals surface area contributed by atoms with E-state index < -0.39 is 65.2 Å². The second kappa shape index (κ2) is 16.5. The van der Waals surface area contributed by atoms with Crippen LogP contribution >= 0.6 is 23.2 Å². The fourth-order valence-electron chi connectivity index (χ4n) is 5.63. The van der Waals surface area contributed by atoms with Crippen molar-refractivity contribution in [2.45, 2.75) is 46.6 Å². The molecule has 0 aliphatic carbocycles. The number of halogens is 8. The number of pyridine rings is 2. The highest BCUT2D eigenvalue weighted by atomic mass is 35.5. The Morgan fingerprint density at radius 1 is 0.661 bits per heavy atom. The summed E-state index contributed by atoms with van der Waals surface area (Å²) in [6, 6.07) is 4.94. The lowest BCUT2D eigenvalue weighted by Gasteiger charge is -2.18. The van der Waals surface area contributed by atoms with Crippen molar-refractivity contribution < 1.29 is 26.3 Å². The van der Waals surface area contributed by atoms with Crippen molar-refractivity contribution in [2.75, 3.05) is 0 Å². The molecule has 6 rings (SSSR count). The van der Waals surface area contributed by atoms with Crippen LogP contribution < -0.4 is 11.1 Å². The van der Waals surface area contributed by atoms with Gasteiger partial charge >= 0.3 is 0 Å². The molecule has 8 nitrogen and oxygen atoms in total. The Labute approximate surface area is 327 Å². The Bertz CT molecular complexity index is 2690. The fourth-order valence-corrected chi connectivity index (χ4v) is 6.41. The van der Waals surface area contributed by atoms with Crippen LogP contribution in [-0.4, -0.2) is 36.8 Å². The van der Waals surface area contributed by atoms with Crippen molar-refractivity contribution in [3.63, 3.8) is 0 Å². The monoisotopic (exact) mass is 826 g/mol. The minimum absolute atomic E-state index is 0.0137. The van der Waals surface area contributed by atoms with Gasteiger partial charge in [-0.3, -0.25) is 9.59 Å². The molecule has 0 aliphatic rings. The maximum atomic E-state index is 14.7. The molecule has 0 fully saturated rings. The summed E-state index contributed by atoms with van der Waals surface area (Å²) in [6.07, 6.45) is 10.9. The van der Waals surface area contributed by atoms with Gasteiger partial charge < -0.3 is 9.13 Å². The highest BCUT2D eigenvalue weighted by Gasteiger charge is 2.26. The molecule has 0 radical (unpaired) electrons. The molecular weight excluding hydrogens is 797 g/mol. The van der Waals surface area contributed by atoms with Gasteiger partial charge in [0.1, 0.15) is 43.0 Å². The zero-order valence-electron chi connectivity index (χ0n) is 30.3. The minimum Gasteiger partial charge on any atom is -0.305 e. The normalized spacial score (nSPS) is 11.1. The molecular formula is C39H30Cl2F6N6O2Si. The predicted molar refractivity (Wildman–Crippen MR) is 206 cm³/mol. The summed E-state index contributed by atoms with van der Waals surface area (Å²) in [7, 11) is -1.80. The van der Waals surface area contributed by atoms with E-state index in [4.69, 9.17) is 29.6 Å². The zero-order chi connectivity index (χ0) is 41.2. The van der Waals surface area contributed by atoms with Gasteiger partial charge in [-0.25, -0.2) is 35.7 Å². The molecule has 0 bridgehead atoms. The van der Waals surface area contributed by atoms with Crippen LogP contribution in [0.4, 0.5) is 26.3 Å². The van der Waals surface area contributed by atoms with Crippen LogP contribution in [0.1, 0.15) is 25.0 Å². The van der Waals surface area contributed by atoms with E-state index in [-0.39, 0.29) is 52.0 Å². The summed E-state index contributed by atoms with van der Waals surface area (Å²) in [5.41, 5.74) is 1.25. The summed E-state index contributed by atoms with van der Waals surface area (Å²) in [4.78, 5) is 25.6. The first kappa shape index (κ1) is 41.4.